The molecule has 0 saturated heterocycles. The predicted molar refractivity (Wildman–Crippen MR) is 69.9 cm³/mol. The molecule has 0 heterocycles. The Morgan fingerprint density at radius 3 is 2.27 bits per heavy atom. The SMILES string of the molecule is C/C=C/c1ccc2ccccc2c1.C=C. The standard InChI is InChI=1S/C13H12.C2H4/c1-2-5-11-8-9-12-6-3-4-7-13(12)10-11;1-2/h2-10H,1H3;1-2H2/b5-2+;. The summed E-state index contributed by atoms with van der Waals surface area (Å²) >= 11 is 0. The van der Waals surface area contributed by atoms with Crippen molar-refractivity contribution in [2.24, 2.45) is 0 Å². The Balaban J connectivity index is 0.000000531. The van der Waals surface area contributed by atoms with Gasteiger partial charge in [-0.25, -0.2) is 0 Å². The summed E-state index contributed by atoms with van der Waals surface area (Å²) in [5.41, 5.74) is 1.27. The Labute approximate surface area is 91.6 Å². The highest BCUT2D eigenvalue weighted by molar-refractivity contribution is 5.84. The van der Waals surface area contributed by atoms with E-state index in [1.165, 1.54) is 16.3 Å². The summed E-state index contributed by atoms with van der Waals surface area (Å²) in [7, 11) is 0. The van der Waals surface area contributed by atoms with Crippen molar-refractivity contribution < 1.29 is 0 Å². The Morgan fingerprint density at radius 1 is 0.933 bits per heavy atom. The monoisotopic (exact) mass is 196 g/mol. The van der Waals surface area contributed by atoms with E-state index in [0.717, 1.165) is 0 Å². The third-order valence-electron chi connectivity index (χ3n) is 2.13. The van der Waals surface area contributed by atoms with Gasteiger partial charge in [-0.05, 0) is 29.3 Å². The zero-order chi connectivity index (χ0) is 11.1. The highest BCUT2D eigenvalue weighted by Gasteiger charge is 1.91. The summed E-state index contributed by atoms with van der Waals surface area (Å²) in [5.74, 6) is 0. The molecule has 0 nitrogen and oxygen atoms in total. The molecule has 0 bridgehead atoms. The fourth-order valence-corrected chi connectivity index (χ4v) is 1.50. The van der Waals surface area contributed by atoms with E-state index in [1.54, 1.807) is 0 Å². The fourth-order valence-electron chi connectivity index (χ4n) is 1.50. The van der Waals surface area contributed by atoms with Gasteiger partial charge in [0.2, 0.25) is 0 Å². The van der Waals surface area contributed by atoms with Crippen LogP contribution in [-0.2, 0) is 0 Å². The van der Waals surface area contributed by atoms with E-state index in [9.17, 15) is 0 Å². The van der Waals surface area contributed by atoms with Gasteiger partial charge in [0.1, 0.15) is 0 Å². The van der Waals surface area contributed by atoms with Gasteiger partial charge >= 0.3 is 0 Å². The predicted octanol–water partition coefficient (Wildman–Crippen LogP) is 4.68. The van der Waals surface area contributed by atoms with Crippen molar-refractivity contribution in [2.45, 2.75) is 6.92 Å². The van der Waals surface area contributed by atoms with E-state index in [2.05, 4.69) is 67.8 Å². The number of hydrogen-bond acceptors (Lipinski definition) is 0. The minimum absolute atomic E-state index is 1.27. The van der Waals surface area contributed by atoms with Crippen LogP contribution in [0, 0.1) is 0 Å². The molecule has 0 aliphatic heterocycles. The summed E-state index contributed by atoms with van der Waals surface area (Å²) in [4.78, 5) is 0. The van der Waals surface area contributed by atoms with Crippen molar-refractivity contribution >= 4 is 16.8 Å². The lowest BCUT2D eigenvalue weighted by Gasteiger charge is -1.98. The van der Waals surface area contributed by atoms with E-state index in [-0.39, 0.29) is 0 Å². The Bertz CT molecular complexity index is 452. The lowest BCUT2D eigenvalue weighted by atomic mass is 10.1. The van der Waals surface area contributed by atoms with Crippen LogP contribution in [0.5, 0.6) is 0 Å². The van der Waals surface area contributed by atoms with E-state index in [0.29, 0.717) is 0 Å². The van der Waals surface area contributed by atoms with Crippen LogP contribution in [0.15, 0.2) is 61.7 Å². The number of fused-ring (bicyclic) bond motifs is 1. The molecule has 0 radical (unpaired) electrons. The second-order valence-electron chi connectivity index (χ2n) is 3.11. The number of rotatable bonds is 1. The zero-order valence-electron chi connectivity index (χ0n) is 9.11. The maximum atomic E-state index is 3.00. The van der Waals surface area contributed by atoms with Crippen molar-refractivity contribution in [1.82, 2.24) is 0 Å². The first-order chi connectivity index (χ1) is 7.40. The fraction of sp³-hybridized carbons (Fsp3) is 0.0667. The molecular formula is C15H16. The molecule has 2 aromatic rings. The molecule has 0 fully saturated rings. The van der Waals surface area contributed by atoms with E-state index >= 15 is 0 Å². The van der Waals surface area contributed by atoms with E-state index in [4.69, 9.17) is 0 Å². The Morgan fingerprint density at radius 2 is 1.60 bits per heavy atom. The summed E-state index contributed by atoms with van der Waals surface area (Å²) in [6, 6.07) is 14.9. The number of benzene rings is 2. The normalized spacial score (nSPS) is 9.93. The highest BCUT2D eigenvalue weighted by Crippen LogP contribution is 2.16. The minimum Gasteiger partial charge on any atom is -0.106 e. The second kappa shape index (κ2) is 5.82. The van der Waals surface area contributed by atoms with E-state index in [1.807, 2.05) is 6.92 Å². The number of allylic oxidation sites excluding steroid dienone is 1. The third kappa shape index (κ3) is 2.81. The van der Waals surface area contributed by atoms with Gasteiger partial charge in [-0.3, -0.25) is 0 Å². The molecule has 0 N–H and O–H groups in total. The van der Waals surface area contributed by atoms with Crippen molar-refractivity contribution in [1.29, 1.82) is 0 Å². The molecule has 0 saturated carbocycles. The van der Waals surface area contributed by atoms with Crippen LogP contribution in [0.3, 0.4) is 0 Å². The van der Waals surface area contributed by atoms with Crippen LogP contribution in [0.2, 0.25) is 0 Å². The molecule has 0 atom stereocenters. The average Bonchev–Trinajstić information content (AvgIpc) is 2.32. The maximum absolute atomic E-state index is 3.00. The lowest BCUT2D eigenvalue weighted by Crippen LogP contribution is -1.74. The second-order valence-corrected chi connectivity index (χ2v) is 3.11. The molecule has 76 valence electrons. The summed E-state index contributed by atoms with van der Waals surface area (Å²) in [6.45, 7) is 8.04. The van der Waals surface area contributed by atoms with Gasteiger partial charge in [0.05, 0.1) is 0 Å². The van der Waals surface area contributed by atoms with Crippen LogP contribution in [0.25, 0.3) is 16.8 Å². The first kappa shape index (κ1) is 11.3. The summed E-state index contributed by atoms with van der Waals surface area (Å²) in [6.07, 6.45) is 4.18. The van der Waals surface area contributed by atoms with Gasteiger partial charge in [0.25, 0.3) is 0 Å². The van der Waals surface area contributed by atoms with Crippen LogP contribution in [0.4, 0.5) is 0 Å². The maximum Gasteiger partial charge on any atom is -0.0178 e. The molecule has 0 aromatic heterocycles. The minimum atomic E-state index is 1.27. The van der Waals surface area contributed by atoms with Crippen molar-refractivity contribution in [3.63, 3.8) is 0 Å². The van der Waals surface area contributed by atoms with Gasteiger partial charge in [0.15, 0.2) is 0 Å². The third-order valence-corrected chi connectivity index (χ3v) is 2.13. The largest absolute Gasteiger partial charge is 0.106 e. The Hall–Kier alpha value is -1.82. The van der Waals surface area contributed by atoms with Crippen molar-refractivity contribution in [3.05, 3.63) is 67.3 Å². The molecular weight excluding hydrogens is 180 g/mol. The first-order valence-electron chi connectivity index (χ1n) is 5.01. The summed E-state index contributed by atoms with van der Waals surface area (Å²) < 4.78 is 0. The first-order valence-corrected chi connectivity index (χ1v) is 5.01. The van der Waals surface area contributed by atoms with Crippen LogP contribution in [0.1, 0.15) is 12.5 Å². The van der Waals surface area contributed by atoms with E-state index < -0.39 is 0 Å². The molecule has 0 aliphatic rings. The van der Waals surface area contributed by atoms with Gasteiger partial charge < -0.3 is 0 Å². The molecule has 2 aromatic carbocycles. The van der Waals surface area contributed by atoms with Crippen molar-refractivity contribution in [3.8, 4) is 0 Å². The molecule has 15 heavy (non-hydrogen) atoms. The topological polar surface area (TPSA) is 0 Å². The quantitative estimate of drug-likeness (QED) is 0.581. The smallest absolute Gasteiger partial charge is 0.0178 e. The molecule has 0 aliphatic carbocycles. The Kier molecular flexibility index (Phi) is 4.36. The van der Waals surface area contributed by atoms with Gasteiger partial charge in [-0.1, -0.05) is 48.6 Å². The highest BCUT2D eigenvalue weighted by atomic mass is 14.0. The molecule has 0 heteroatoms. The van der Waals surface area contributed by atoms with Gasteiger partial charge in [-0.15, -0.1) is 13.2 Å². The molecule has 0 amide bonds. The zero-order valence-corrected chi connectivity index (χ0v) is 9.11. The lowest BCUT2D eigenvalue weighted by molar-refractivity contribution is 1.68. The molecule has 0 spiro atoms. The van der Waals surface area contributed by atoms with Crippen molar-refractivity contribution in [2.75, 3.05) is 0 Å². The van der Waals surface area contributed by atoms with Gasteiger partial charge in [0, 0.05) is 0 Å². The number of hydrogen-bond donors (Lipinski definition) is 0. The van der Waals surface area contributed by atoms with Gasteiger partial charge in [-0.2, -0.15) is 0 Å². The summed E-state index contributed by atoms with van der Waals surface area (Å²) in [5, 5.41) is 2.61. The van der Waals surface area contributed by atoms with Crippen LogP contribution >= 0.6 is 0 Å². The van der Waals surface area contributed by atoms with Crippen LogP contribution < -0.4 is 0 Å². The molecule has 2 rings (SSSR count). The van der Waals surface area contributed by atoms with Crippen LogP contribution in [-0.4, -0.2) is 0 Å². The molecule has 0 unspecified atom stereocenters. The average molecular weight is 196 g/mol.